The average molecular weight is 301 g/mol. The highest BCUT2D eigenvalue weighted by Crippen LogP contribution is 2.32. The standard InChI is InChI=1S/C12H9ClO5S/c1-17-10-4-2-8(13)6-11(10)19(15,16)12-5-3-9(7-14)18-12/h2-7H,1H3. The van der Waals surface area contributed by atoms with Gasteiger partial charge >= 0.3 is 0 Å². The number of hydrogen-bond acceptors (Lipinski definition) is 5. The van der Waals surface area contributed by atoms with Gasteiger partial charge in [-0.15, -0.1) is 0 Å². The second-order valence-corrected chi connectivity index (χ2v) is 5.86. The number of aldehydes is 1. The summed E-state index contributed by atoms with van der Waals surface area (Å²) in [4.78, 5) is 10.4. The number of carbonyl (C=O) groups excluding carboxylic acids is 1. The van der Waals surface area contributed by atoms with Crippen LogP contribution in [0.5, 0.6) is 5.75 Å². The fourth-order valence-electron chi connectivity index (χ4n) is 1.51. The molecule has 2 aromatic rings. The Morgan fingerprint density at radius 1 is 1.26 bits per heavy atom. The maximum atomic E-state index is 12.3. The lowest BCUT2D eigenvalue weighted by molar-refractivity contribution is 0.109. The first-order valence-corrected chi connectivity index (χ1v) is 6.99. The molecule has 0 spiro atoms. The van der Waals surface area contributed by atoms with Crippen molar-refractivity contribution in [3.8, 4) is 5.75 Å². The molecular formula is C12H9ClO5S. The van der Waals surface area contributed by atoms with Crippen LogP contribution in [0.15, 0.2) is 44.7 Å². The van der Waals surface area contributed by atoms with Crippen LogP contribution < -0.4 is 4.74 Å². The molecule has 0 aliphatic rings. The molecule has 1 heterocycles. The minimum absolute atomic E-state index is 0.0698. The number of carbonyl (C=O) groups is 1. The summed E-state index contributed by atoms with van der Waals surface area (Å²) in [6.07, 6.45) is 0.425. The van der Waals surface area contributed by atoms with Gasteiger partial charge in [0.05, 0.1) is 7.11 Å². The van der Waals surface area contributed by atoms with E-state index >= 15 is 0 Å². The Kier molecular flexibility index (Phi) is 3.64. The number of methoxy groups -OCH3 is 1. The van der Waals surface area contributed by atoms with Crippen LogP contribution in [0.3, 0.4) is 0 Å². The molecule has 1 aromatic carbocycles. The lowest BCUT2D eigenvalue weighted by atomic mass is 10.3. The topological polar surface area (TPSA) is 73.6 Å². The number of benzene rings is 1. The van der Waals surface area contributed by atoms with Gasteiger partial charge in [0.1, 0.15) is 10.6 Å². The molecule has 5 nitrogen and oxygen atoms in total. The van der Waals surface area contributed by atoms with Crippen molar-refractivity contribution in [1.82, 2.24) is 0 Å². The maximum Gasteiger partial charge on any atom is 0.243 e. The molecule has 0 bridgehead atoms. The second-order valence-electron chi connectivity index (χ2n) is 3.57. The Morgan fingerprint density at radius 3 is 2.58 bits per heavy atom. The molecule has 0 radical (unpaired) electrons. The van der Waals surface area contributed by atoms with Gasteiger partial charge in [0.2, 0.25) is 14.9 Å². The Balaban J connectivity index is 2.62. The number of halogens is 1. The van der Waals surface area contributed by atoms with E-state index in [-0.39, 0.29) is 26.5 Å². The van der Waals surface area contributed by atoms with Gasteiger partial charge in [-0.25, -0.2) is 8.42 Å². The van der Waals surface area contributed by atoms with Crippen molar-refractivity contribution in [2.45, 2.75) is 9.99 Å². The average Bonchev–Trinajstić information content (AvgIpc) is 2.88. The van der Waals surface area contributed by atoms with Gasteiger partial charge in [-0.1, -0.05) is 11.6 Å². The van der Waals surface area contributed by atoms with E-state index in [0.29, 0.717) is 6.29 Å². The number of furan rings is 1. The van der Waals surface area contributed by atoms with Gasteiger partial charge in [0, 0.05) is 5.02 Å². The van der Waals surface area contributed by atoms with Crippen molar-refractivity contribution >= 4 is 27.7 Å². The summed E-state index contributed by atoms with van der Waals surface area (Å²) in [7, 11) is -2.58. The number of hydrogen-bond donors (Lipinski definition) is 0. The van der Waals surface area contributed by atoms with E-state index in [2.05, 4.69) is 0 Å². The van der Waals surface area contributed by atoms with Gasteiger partial charge in [0.25, 0.3) is 0 Å². The third-order valence-electron chi connectivity index (χ3n) is 2.40. The van der Waals surface area contributed by atoms with E-state index in [9.17, 15) is 13.2 Å². The number of ether oxygens (including phenoxy) is 1. The summed E-state index contributed by atoms with van der Waals surface area (Å²) >= 11 is 5.79. The smallest absolute Gasteiger partial charge is 0.243 e. The SMILES string of the molecule is COc1ccc(Cl)cc1S(=O)(=O)c1ccc(C=O)o1. The fraction of sp³-hybridized carbons (Fsp3) is 0.0833. The highest BCUT2D eigenvalue weighted by molar-refractivity contribution is 7.91. The summed E-state index contributed by atoms with van der Waals surface area (Å²) in [5.74, 6) is 0.0769. The zero-order chi connectivity index (χ0) is 14.0. The number of rotatable bonds is 4. The van der Waals surface area contributed by atoms with E-state index in [4.69, 9.17) is 20.8 Å². The predicted octanol–water partition coefficient (Wildman–Crippen LogP) is 2.59. The first-order chi connectivity index (χ1) is 8.98. The van der Waals surface area contributed by atoms with Crippen molar-refractivity contribution in [3.63, 3.8) is 0 Å². The minimum Gasteiger partial charge on any atom is -0.495 e. The Labute approximate surface area is 114 Å². The lowest BCUT2D eigenvalue weighted by Crippen LogP contribution is -2.03. The third-order valence-corrected chi connectivity index (χ3v) is 4.28. The van der Waals surface area contributed by atoms with Gasteiger partial charge in [0.15, 0.2) is 12.0 Å². The molecule has 0 unspecified atom stereocenters. The van der Waals surface area contributed by atoms with Gasteiger partial charge in [-0.05, 0) is 30.3 Å². The van der Waals surface area contributed by atoms with E-state index in [0.717, 1.165) is 0 Å². The molecule has 0 saturated heterocycles. The van der Waals surface area contributed by atoms with Crippen LogP contribution in [0.2, 0.25) is 5.02 Å². The maximum absolute atomic E-state index is 12.3. The summed E-state index contributed by atoms with van der Waals surface area (Å²) in [5.41, 5.74) is 0. The second kappa shape index (κ2) is 5.07. The van der Waals surface area contributed by atoms with E-state index in [1.54, 1.807) is 0 Å². The van der Waals surface area contributed by atoms with Crippen LogP contribution in [0.25, 0.3) is 0 Å². The molecule has 2 rings (SSSR count). The molecule has 0 amide bonds. The molecule has 1 aromatic heterocycles. The van der Waals surface area contributed by atoms with Crippen LogP contribution in [0.4, 0.5) is 0 Å². The summed E-state index contributed by atoms with van der Waals surface area (Å²) < 4.78 is 34.6. The molecule has 0 aliphatic heterocycles. The zero-order valence-corrected chi connectivity index (χ0v) is 11.4. The summed E-state index contributed by atoms with van der Waals surface area (Å²) in [5, 5.41) is -0.0864. The molecule has 0 N–H and O–H groups in total. The van der Waals surface area contributed by atoms with Crippen molar-refractivity contribution < 1.29 is 22.4 Å². The monoisotopic (exact) mass is 300 g/mol. The molecule has 100 valence electrons. The predicted molar refractivity (Wildman–Crippen MR) is 67.6 cm³/mol. The molecule has 0 saturated carbocycles. The van der Waals surface area contributed by atoms with E-state index < -0.39 is 9.84 Å². The van der Waals surface area contributed by atoms with Gasteiger partial charge in [-0.2, -0.15) is 0 Å². The Bertz CT molecular complexity index is 717. The molecular weight excluding hydrogens is 292 g/mol. The van der Waals surface area contributed by atoms with Crippen molar-refractivity contribution in [2.24, 2.45) is 0 Å². The fourth-order valence-corrected chi connectivity index (χ4v) is 3.12. The summed E-state index contributed by atoms with van der Waals surface area (Å²) in [6, 6.07) is 6.70. The molecule has 0 atom stereocenters. The van der Waals surface area contributed by atoms with E-state index in [1.165, 1.54) is 37.4 Å². The number of sulfone groups is 1. The van der Waals surface area contributed by atoms with E-state index in [1.807, 2.05) is 0 Å². The highest BCUT2D eigenvalue weighted by Gasteiger charge is 2.26. The summed E-state index contributed by atoms with van der Waals surface area (Å²) in [6.45, 7) is 0. The molecule has 7 heteroatoms. The first kappa shape index (κ1) is 13.6. The van der Waals surface area contributed by atoms with Crippen LogP contribution in [0.1, 0.15) is 10.6 Å². The van der Waals surface area contributed by atoms with Gasteiger partial charge < -0.3 is 9.15 Å². The van der Waals surface area contributed by atoms with Crippen LogP contribution in [0, 0.1) is 0 Å². The Hall–Kier alpha value is -1.79. The minimum atomic E-state index is -3.93. The molecule has 0 aliphatic carbocycles. The van der Waals surface area contributed by atoms with Crippen molar-refractivity contribution in [2.75, 3.05) is 7.11 Å². The highest BCUT2D eigenvalue weighted by atomic mass is 35.5. The first-order valence-electron chi connectivity index (χ1n) is 5.12. The largest absolute Gasteiger partial charge is 0.495 e. The molecule has 0 fully saturated rings. The van der Waals surface area contributed by atoms with Crippen molar-refractivity contribution in [3.05, 3.63) is 41.1 Å². The van der Waals surface area contributed by atoms with Crippen molar-refractivity contribution in [1.29, 1.82) is 0 Å². The zero-order valence-electron chi connectivity index (χ0n) is 9.79. The quantitative estimate of drug-likeness (QED) is 0.811. The lowest BCUT2D eigenvalue weighted by Gasteiger charge is -2.08. The van der Waals surface area contributed by atoms with Crippen LogP contribution >= 0.6 is 11.6 Å². The van der Waals surface area contributed by atoms with Crippen LogP contribution in [-0.2, 0) is 9.84 Å². The van der Waals surface area contributed by atoms with Gasteiger partial charge in [-0.3, -0.25) is 4.79 Å². The Morgan fingerprint density at radius 2 is 2.00 bits per heavy atom. The van der Waals surface area contributed by atoms with Crippen LogP contribution in [-0.4, -0.2) is 21.8 Å². The normalized spacial score (nSPS) is 11.3. The third kappa shape index (κ3) is 2.50. The molecule has 19 heavy (non-hydrogen) atoms.